The van der Waals surface area contributed by atoms with Crippen molar-refractivity contribution >= 4 is 34.9 Å². The van der Waals surface area contributed by atoms with E-state index in [-0.39, 0.29) is 21.2 Å². The van der Waals surface area contributed by atoms with E-state index in [2.05, 4.69) is 122 Å². The molecule has 9 rings (SSSR count). The van der Waals surface area contributed by atoms with E-state index < -0.39 is 22.3 Å². The molecule has 0 bridgehead atoms. The Morgan fingerprint density at radius 1 is 0.614 bits per heavy atom. The van der Waals surface area contributed by atoms with E-state index in [1.165, 1.54) is 5.56 Å². The highest BCUT2D eigenvalue weighted by atomic mass is 16.6. The second-order valence-corrected chi connectivity index (χ2v) is 16.6. The summed E-state index contributed by atoms with van der Waals surface area (Å²) in [4.78, 5) is 27.4. The number of hydrogen-bond acceptors (Lipinski definition) is 8. The fourth-order valence-electron chi connectivity index (χ4n) is 9.62. The van der Waals surface area contributed by atoms with Gasteiger partial charge in [-0.25, -0.2) is 0 Å². The number of hydrogen-bond donors (Lipinski definition) is 0. The van der Waals surface area contributed by atoms with Crippen LogP contribution in [0.25, 0.3) is 12.2 Å². The zero-order valence-corrected chi connectivity index (χ0v) is 32.9. The average Bonchev–Trinajstić information content (AvgIpc) is 3.48. The molecule has 4 aliphatic rings. The van der Waals surface area contributed by atoms with E-state index in [4.69, 9.17) is 9.47 Å². The Kier molecular flexibility index (Phi) is 7.97. The van der Waals surface area contributed by atoms with E-state index in [9.17, 15) is 20.2 Å². The van der Waals surface area contributed by atoms with Crippen molar-refractivity contribution in [1.29, 1.82) is 0 Å². The number of nitrogens with zero attached hydrogens (tertiary/aromatic N) is 4. The minimum atomic E-state index is -0.890. The van der Waals surface area contributed by atoms with Crippen LogP contribution >= 0.6 is 0 Å². The van der Waals surface area contributed by atoms with Crippen molar-refractivity contribution in [2.75, 3.05) is 9.80 Å². The molecule has 10 heteroatoms. The molecule has 10 nitrogen and oxygen atoms in total. The maximum Gasteiger partial charge on any atom is 0.270 e. The quantitative estimate of drug-likeness (QED) is 0.119. The van der Waals surface area contributed by atoms with Crippen molar-refractivity contribution < 1.29 is 19.3 Å². The summed E-state index contributed by atoms with van der Waals surface area (Å²) < 4.78 is 14.2. The Morgan fingerprint density at radius 2 is 1.05 bits per heavy atom. The summed E-state index contributed by atoms with van der Waals surface area (Å²) in [7, 11) is 0. The molecule has 0 fully saturated rings. The molecule has 2 unspecified atom stereocenters. The van der Waals surface area contributed by atoms with Crippen LogP contribution in [-0.2, 0) is 30.3 Å². The zero-order valence-electron chi connectivity index (χ0n) is 32.9. The largest absolute Gasteiger partial charge is 0.462 e. The number of benzene rings is 5. The fraction of sp³-hybridized carbons (Fsp3) is 0.277. The van der Waals surface area contributed by atoms with Gasteiger partial charge in [0, 0.05) is 65.4 Å². The van der Waals surface area contributed by atoms with Gasteiger partial charge in [-0.3, -0.25) is 20.2 Å². The highest BCUT2D eigenvalue weighted by molar-refractivity contribution is 5.76. The lowest BCUT2D eigenvalue weighted by molar-refractivity contribution is -0.385. The number of nitro groups is 2. The van der Waals surface area contributed by atoms with Gasteiger partial charge in [0.25, 0.3) is 11.4 Å². The van der Waals surface area contributed by atoms with Gasteiger partial charge in [-0.15, -0.1) is 0 Å². The first-order valence-corrected chi connectivity index (χ1v) is 19.4. The molecule has 0 saturated carbocycles. The van der Waals surface area contributed by atoms with Crippen molar-refractivity contribution in [2.45, 2.75) is 83.3 Å². The van der Waals surface area contributed by atoms with Crippen LogP contribution in [0, 0.1) is 27.2 Å². The molecule has 0 aromatic heterocycles. The summed E-state index contributed by atoms with van der Waals surface area (Å²) >= 11 is 0. The molecule has 5 aromatic rings. The third kappa shape index (κ3) is 5.15. The molecule has 5 aromatic carbocycles. The molecule has 0 aliphatic carbocycles. The maximum atomic E-state index is 11.8. The van der Waals surface area contributed by atoms with Crippen LogP contribution in [0.1, 0.15) is 79.1 Å². The second kappa shape index (κ2) is 12.5. The number of para-hydroxylation sites is 2. The summed E-state index contributed by atoms with van der Waals surface area (Å²) in [6, 6.07) is 31.9. The van der Waals surface area contributed by atoms with Gasteiger partial charge in [0.05, 0.1) is 20.7 Å². The summed E-state index contributed by atoms with van der Waals surface area (Å²) in [5, 5.41) is 23.5. The molecule has 2 atom stereocenters. The van der Waals surface area contributed by atoms with Crippen molar-refractivity contribution in [2.24, 2.45) is 0 Å². The first-order chi connectivity index (χ1) is 27.2. The Balaban J connectivity index is 1.06. The van der Waals surface area contributed by atoms with Crippen molar-refractivity contribution in [3.8, 4) is 11.5 Å². The Bertz CT molecular complexity index is 2580. The van der Waals surface area contributed by atoms with Gasteiger partial charge in [-0.2, -0.15) is 0 Å². The van der Waals surface area contributed by atoms with Crippen molar-refractivity contribution in [1.82, 2.24) is 0 Å². The van der Waals surface area contributed by atoms with Gasteiger partial charge in [0.2, 0.25) is 11.4 Å². The van der Waals surface area contributed by atoms with E-state index in [1.807, 2.05) is 26.0 Å². The van der Waals surface area contributed by atoms with Gasteiger partial charge >= 0.3 is 0 Å². The van der Waals surface area contributed by atoms with Crippen LogP contribution in [0.3, 0.4) is 0 Å². The zero-order chi connectivity index (χ0) is 40.1. The predicted molar refractivity (Wildman–Crippen MR) is 223 cm³/mol. The van der Waals surface area contributed by atoms with Gasteiger partial charge < -0.3 is 19.3 Å². The van der Waals surface area contributed by atoms with E-state index >= 15 is 0 Å². The molecule has 4 aliphatic heterocycles. The van der Waals surface area contributed by atoms with Crippen LogP contribution in [-0.4, -0.2) is 21.3 Å². The van der Waals surface area contributed by atoms with Crippen molar-refractivity contribution in [3.05, 3.63) is 174 Å². The molecule has 0 N–H and O–H groups in total. The molecular weight excluding hydrogens is 717 g/mol. The molecule has 57 heavy (non-hydrogen) atoms. The Hall–Kier alpha value is -6.42. The monoisotopic (exact) mass is 760 g/mol. The van der Waals surface area contributed by atoms with Gasteiger partial charge in [0.15, 0.2) is 0 Å². The molecular formula is C47H44N4O6. The van der Waals surface area contributed by atoms with Crippen LogP contribution in [0.2, 0.25) is 0 Å². The maximum absolute atomic E-state index is 11.8. The number of ether oxygens (including phenoxy) is 2. The summed E-state index contributed by atoms with van der Waals surface area (Å²) in [5.41, 5.74) is 7.02. The first-order valence-electron chi connectivity index (χ1n) is 19.4. The standard InChI is InChI=1S/C47H44N4O6/c1-7-33-25-37(51(54)55)27-35-21-23-47(57-43(33)35)45(5,6)39-13-9-11-15-41(39)49(47)29-32-18-16-31(17-19-32)28-48-40-14-10-8-12-38(40)44(3,4)46(48)22-20-34-26-36(50(52)53)24-30(2)42(34)56-46/h8-27H,7,28-29H2,1-6H3. The number of non-ortho nitro benzene ring substituents is 2. The second-order valence-electron chi connectivity index (χ2n) is 16.6. The topological polar surface area (TPSA) is 111 Å². The highest BCUT2D eigenvalue weighted by Crippen LogP contribution is 2.58. The lowest BCUT2D eigenvalue weighted by atomic mass is 9.76. The summed E-state index contributed by atoms with van der Waals surface area (Å²) in [6.45, 7) is 13.8. The summed E-state index contributed by atoms with van der Waals surface area (Å²) in [6.07, 6.45) is 8.70. The van der Waals surface area contributed by atoms with Crippen LogP contribution < -0.4 is 19.3 Å². The molecule has 0 saturated heterocycles. The number of nitro benzene ring substituents is 2. The van der Waals surface area contributed by atoms with Gasteiger partial charge in [-0.05, 0) is 105 Å². The lowest BCUT2D eigenvalue weighted by Crippen LogP contribution is -2.59. The predicted octanol–water partition coefficient (Wildman–Crippen LogP) is 10.6. The number of fused-ring (bicyclic) bond motifs is 4. The lowest BCUT2D eigenvalue weighted by Gasteiger charge is -2.47. The molecule has 2 spiro atoms. The Labute approximate surface area is 332 Å². The summed E-state index contributed by atoms with van der Waals surface area (Å²) in [5.74, 6) is 1.34. The minimum absolute atomic E-state index is 0.0427. The van der Waals surface area contributed by atoms with Gasteiger partial charge in [-0.1, -0.05) is 67.6 Å². The van der Waals surface area contributed by atoms with E-state index in [1.54, 1.807) is 24.3 Å². The highest BCUT2D eigenvalue weighted by Gasteiger charge is 2.60. The van der Waals surface area contributed by atoms with Crippen LogP contribution in [0.15, 0.2) is 109 Å². The molecule has 288 valence electrons. The first kappa shape index (κ1) is 36.2. The van der Waals surface area contributed by atoms with Crippen LogP contribution in [0.5, 0.6) is 11.5 Å². The third-order valence-corrected chi connectivity index (χ3v) is 12.8. The normalized spacial score (nSPS) is 21.4. The third-order valence-electron chi connectivity index (χ3n) is 12.8. The number of aryl methyl sites for hydroxylation is 2. The minimum Gasteiger partial charge on any atom is -0.462 e. The SMILES string of the molecule is CCc1cc([N+](=O)[O-])cc2c1OC1(C=C2)N(Cc2ccc(CN3c4ccccc4C(C)(C)C34C=Cc3cc([N+](=O)[O-])cc(C)c3O4)cc2)c2ccccc2C1(C)C. The smallest absolute Gasteiger partial charge is 0.270 e. The Morgan fingerprint density at radius 3 is 1.53 bits per heavy atom. The molecule has 0 radical (unpaired) electrons. The van der Waals surface area contributed by atoms with Gasteiger partial charge in [0.1, 0.15) is 11.5 Å². The van der Waals surface area contributed by atoms with Crippen LogP contribution in [0.4, 0.5) is 22.7 Å². The number of anilines is 2. The fourth-order valence-corrected chi connectivity index (χ4v) is 9.62. The average molecular weight is 761 g/mol. The van der Waals surface area contributed by atoms with E-state index in [0.717, 1.165) is 39.2 Å². The molecule has 0 amide bonds. The van der Waals surface area contributed by atoms with Crippen molar-refractivity contribution in [3.63, 3.8) is 0 Å². The van der Waals surface area contributed by atoms with E-state index in [0.29, 0.717) is 42.1 Å². The number of rotatable bonds is 7. The molecule has 4 heterocycles.